The van der Waals surface area contributed by atoms with Crippen LogP contribution in [-0.4, -0.2) is 4.57 Å². The third-order valence-corrected chi connectivity index (χ3v) is 14.0. The third-order valence-electron chi connectivity index (χ3n) is 14.0. The molecular weight excluding hydrogens is 777 g/mol. The molecular formula is C61H38N2O. The lowest BCUT2D eigenvalue weighted by Crippen LogP contribution is -2.26. The Bertz CT molecular complexity index is 3810. The smallest absolute Gasteiger partial charge is 0.143 e. The highest BCUT2D eigenvalue weighted by Crippen LogP contribution is 2.65. The van der Waals surface area contributed by atoms with Crippen molar-refractivity contribution in [2.75, 3.05) is 4.90 Å². The molecule has 0 amide bonds. The van der Waals surface area contributed by atoms with E-state index < -0.39 is 5.41 Å². The highest BCUT2D eigenvalue weighted by molar-refractivity contribution is 6.17. The molecule has 2 heterocycles. The van der Waals surface area contributed by atoms with Crippen LogP contribution in [0.25, 0.3) is 82.8 Å². The average molecular weight is 815 g/mol. The molecule has 0 saturated heterocycles. The van der Waals surface area contributed by atoms with E-state index in [1.807, 2.05) is 6.07 Å². The van der Waals surface area contributed by atoms with Crippen molar-refractivity contribution in [3.63, 3.8) is 0 Å². The molecule has 14 rings (SSSR count). The standard InChI is InChI=1S/C61H38N2O/c1-2-17-40(18-3-1)62-53-30-12-7-23-48(53)59-55(62)32-16-33-56(59)63(41-37-35-39(36-38-41)42-24-14-25-46-45-21-8-13-34-57(45)64-60(42)46)54-31-15-29-52-58(54)47-22-6-11-28-51(47)61(52)49-26-9-4-19-43(49)44-20-5-10-27-50(44)61/h1-38H. The van der Waals surface area contributed by atoms with Gasteiger partial charge >= 0.3 is 0 Å². The van der Waals surface area contributed by atoms with Crippen LogP contribution in [0.15, 0.2) is 235 Å². The largest absolute Gasteiger partial charge is 0.455 e. The number of hydrogen-bond donors (Lipinski definition) is 0. The number of hydrogen-bond acceptors (Lipinski definition) is 2. The molecule has 0 unspecified atom stereocenters. The fourth-order valence-electron chi connectivity index (χ4n) is 11.5. The van der Waals surface area contributed by atoms with Gasteiger partial charge in [0.1, 0.15) is 11.2 Å². The van der Waals surface area contributed by atoms with Crippen LogP contribution in [0.4, 0.5) is 17.1 Å². The molecule has 10 aromatic carbocycles. The molecule has 0 radical (unpaired) electrons. The van der Waals surface area contributed by atoms with Crippen LogP contribution < -0.4 is 4.90 Å². The maximum absolute atomic E-state index is 6.55. The van der Waals surface area contributed by atoms with E-state index in [9.17, 15) is 0 Å². The molecule has 298 valence electrons. The van der Waals surface area contributed by atoms with Gasteiger partial charge in [0.2, 0.25) is 0 Å². The first kappa shape index (κ1) is 35.2. The van der Waals surface area contributed by atoms with E-state index in [0.29, 0.717) is 0 Å². The molecule has 0 saturated carbocycles. The van der Waals surface area contributed by atoms with E-state index in [-0.39, 0.29) is 0 Å². The molecule has 2 aromatic heterocycles. The monoisotopic (exact) mass is 814 g/mol. The Morgan fingerprint density at radius 3 is 1.70 bits per heavy atom. The number of rotatable bonds is 5. The molecule has 3 heteroatoms. The fraction of sp³-hybridized carbons (Fsp3) is 0.0164. The lowest BCUT2D eigenvalue weighted by Gasteiger charge is -2.32. The van der Waals surface area contributed by atoms with Gasteiger partial charge in [-0.15, -0.1) is 0 Å². The second kappa shape index (κ2) is 13.3. The molecule has 0 bridgehead atoms. The van der Waals surface area contributed by atoms with Crippen LogP contribution in [-0.2, 0) is 5.41 Å². The topological polar surface area (TPSA) is 21.3 Å². The molecule has 2 aliphatic rings. The summed E-state index contributed by atoms with van der Waals surface area (Å²) in [6.45, 7) is 0. The van der Waals surface area contributed by atoms with E-state index >= 15 is 0 Å². The van der Waals surface area contributed by atoms with Crippen LogP contribution in [0.2, 0.25) is 0 Å². The summed E-state index contributed by atoms with van der Waals surface area (Å²) >= 11 is 0. The number of para-hydroxylation sites is 4. The number of benzene rings is 10. The third kappa shape index (κ3) is 4.65. The summed E-state index contributed by atoms with van der Waals surface area (Å²) in [5.41, 5.74) is 20.7. The van der Waals surface area contributed by atoms with E-state index in [4.69, 9.17) is 4.42 Å². The lowest BCUT2D eigenvalue weighted by atomic mass is 9.70. The fourth-order valence-corrected chi connectivity index (χ4v) is 11.5. The van der Waals surface area contributed by atoms with Crippen molar-refractivity contribution >= 4 is 60.8 Å². The SMILES string of the molecule is c1ccc(-n2c3ccccc3c3c(N(c4ccc(-c5cccc6c5oc5ccccc56)cc4)c4cccc5c4-c4ccccc4C54c5ccccc5-c5ccccc54)cccc32)cc1. The molecule has 0 fully saturated rings. The van der Waals surface area contributed by atoms with E-state index in [2.05, 4.69) is 234 Å². The quantitative estimate of drug-likeness (QED) is 0.173. The molecule has 12 aromatic rings. The van der Waals surface area contributed by atoms with Crippen molar-refractivity contribution in [2.24, 2.45) is 0 Å². The molecule has 3 nitrogen and oxygen atoms in total. The van der Waals surface area contributed by atoms with Gasteiger partial charge in [0.15, 0.2) is 0 Å². The second-order valence-corrected chi connectivity index (χ2v) is 17.1. The van der Waals surface area contributed by atoms with Crippen molar-refractivity contribution in [3.8, 4) is 39.1 Å². The second-order valence-electron chi connectivity index (χ2n) is 17.1. The van der Waals surface area contributed by atoms with Crippen LogP contribution in [0.1, 0.15) is 22.3 Å². The average Bonchev–Trinajstić information content (AvgIpc) is 4.09. The Hall–Kier alpha value is -8.40. The number of fused-ring (bicyclic) bond motifs is 16. The van der Waals surface area contributed by atoms with Crippen molar-refractivity contribution in [1.82, 2.24) is 4.57 Å². The number of nitrogens with zero attached hydrogens (tertiary/aromatic N) is 2. The van der Waals surface area contributed by atoms with Gasteiger partial charge in [-0.3, -0.25) is 0 Å². The number of anilines is 3. The summed E-state index contributed by atoms with van der Waals surface area (Å²) in [5.74, 6) is 0. The van der Waals surface area contributed by atoms with Gasteiger partial charge in [-0.1, -0.05) is 176 Å². The van der Waals surface area contributed by atoms with Gasteiger partial charge in [0, 0.05) is 44.0 Å². The first-order valence-corrected chi connectivity index (χ1v) is 22.1. The molecule has 0 N–H and O–H groups in total. The van der Waals surface area contributed by atoms with E-state index in [0.717, 1.165) is 61.3 Å². The minimum absolute atomic E-state index is 0.467. The Morgan fingerprint density at radius 2 is 0.922 bits per heavy atom. The Kier molecular flexibility index (Phi) is 7.32. The van der Waals surface area contributed by atoms with Gasteiger partial charge in [-0.2, -0.15) is 0 Å². The normalized spacial score (nSPS) is 13.1. The van der Waals surface area contributed by atoms with Crippen LogP contribution in [0.3, 0.4) is 0 Å². The van der Waals surface area contributed by atoms with Gasteiger partial charge in [-0.25, -0.2) is 0 Å². The highest BCUT2D eigenvalue weighted by Gasteiger charge is 2.52. The molecule has 0 aliphatic heterocycles. The first-order chi connectivity index (χ1) is 31.8. The first-order valence-electron chi connectivity index (χ1n) is 22.1. The van der Waals surface area contributed by atoms with Gasteiger partial charge < -0.3 is 13.9 Å². The molecule has 1 spiro atoms. The minimum atomic E-state index is -0.467. The van der Waals surface area contributed by atoms with Gasteiger partial charge in [0.05, 0.1) is 27.8 Å². The predicted octanol–water partition coefficient (Wildman–Crippen LogP) is 16.2. The van der Waals surface area contributed by atoms with Crippen LogP contribution >= 0.6 is 0 Å². The van der Waals surface area contributed by atoms with Crippen molar-refractivity contribution in [2.45, 2.75) is 5.41 Å². The summed E-state index contributed by atoms with van der Waals surface area (Å²) in [6.07, 6.45) is 0. The Labute approximate surface area is 370 Å². The Balaban J connectivity index is 1.06. The summed E-state index contributed by atoms with van der Waals surface area (Å²) < 4.78 is 8.96. The molecule has 0 atom stereocenters. The predicted molar refractivity (Wildman–Crippen MR) is 264 cm³/mol. The molecule has 2 aliphatic carbocycles. The van der Waals surface area contributed by atoms with E-state index in [1.54, 1.807) is 0 Å². The van der Waals surface area contributed by atoms with Crippen LogP contribution in [0.5, 0.6) is 0 Å². The molecule has 64 heavy (non-hydrogen) atoms. The maximum Gasteiger partial charge on any atom is 0.143 e. The van der Waals surface area contributed by atoms with Crippen molar-refractivity contribution in [3.05, 3.63) is 253 Å². The maximum atomic E-state index is 6.55. The zero-order chi connectivity index (χ0) is 41.9. The zero-order valence-electron chi connectivity index (χ0n) is 34.7. The van der Waals surface area contributed by atoms with Gasteiger partial charge in [-0.05, 0) is 99.1 Å². The van der Waals surface area contributed by atoms with E-state index in [1.165, 1.54) is 60.8 Å². The summed E-state index contributed by atoms with van der Waals surface area (Å²) in [4.78, 5) is 2.52. The van der Waals surface area contributed by atoms with Crippen molar-refractivity contribution < 1.29 is 4.42 Å². The van der Waals surface area contributed by atoms with Crippen LogP contribution in [0, 0.1) is 0 Å². The number of furan rings is 1. The minimum Gasteiger partial charge on any atom is -0.455 e. The number of aromatic nitrogens is 1. The lowest BCUT2D eigenvalue weighted by molar-refractivity contribution is 0.670. The summed E-state index contributed by atoms with van der Waals surface area (Å²) in [5, 5.41) is 4.67. The highest BCUT2D eigenvalue weighted by atomic mass is 16.3. The van der Waals surface area contributed by atoms with Gasteiger partial charge in [0.25, 0.3) is 0 Å². The summed E-state index contributed by atoms with van der Waals surface area (Å²) in [6, 6.07) is 84.5. The zero-order valence-corrected chi connectivity index (χ0v) is 34.7. The summed E-state index contributed by atoms with van der Waals surface area (Å²) in [7, 11) is 0. The van der Waals surface area contributed by atoms with Crippen molar-refractivity contribution in [1.29, 1.82) is 0 Å². The Morgan fingerprint density at radius 1 is 0.375 bits per heavy atom.